The van der Waals surface area contributed by atoms with Crippen molar-refractivity contribution >= 4 is 28.3 Å². The maximum absolute atomic E-state index is 13.1. The van der Waals surface area contributed by atoms with Crippen molar-refractivity contribution in [1.29, 1.82) is 10.5 Å². The van der Waals surface area contributed by atoms with Crippen LogP contribution in [0.1, 0.15) is 53.5 Å². The molecular weight excluding hydrogens is 488 g/mol. The number of nitrogens with zero attached hydrogens (tertiary/aromatic N) is 3. The highest BCUT2D eigenvalue weighted by Crippen LogP contribution is 2.41. The summed E-state index contributed by atoms with van der Waals surface area (Å²) in [5.41, 5.74) is 4.39. The van der Waals surface area contributed by atoms with E-state index in [4.69, 9.17) is 4.42 Å². The van der Waals surface area contributed by atoms with Crippen LogP contribution in [0.25, 0.3) is 33.4 Å². The number of rotatable bonds is 8. The SMILES string of the molecule is CCN(C#N)c1cc2oc(-c3ccc(C)cc3)c(C(=O)NC)c2cc1-c1cccc(C(=O)CC(C)(C)C#N)c1. The number of furan rings is 1. The number of carbonyl (C=O) groups is 2. The third kappa shape index (κ3) is 5.39. The molecule has 0 aliphatic carbocycles. The van der Waals surface area contributed by atoms with Crippen LogP contribution in [0.4, 0.5) is 5.69 Å². The van der Waals surface area contributed by atoms with Crippen LogP contribution in [0.5, 0.6) is 0 Å². The van der Waals surface area contributed by atoms with Crippen LogP contribution < -0.4 is 10.2 Å². The van der Waals surface area contributed by atoms with Crippen molar-refractivity contribution in [2.75, 3.05) is 18.5 Å². The zero-order chi connectivity index (χ0) is 28.3. The third-order valence-corrected chi connectivity index (χ3v) is 6.70. The minimum atomic E-state index is -0.789. The molecule has 0 aliphatic rings. The predicted octanol–water partition coefficient (Wildman–Crippen LogP) is 6.86. The molecule has 1 heterocycles. The molecular formula is C32H30N4O3. The number of hydrogen-bond acceptors (Lipinski definition) is 6. The summed E-state index contributed by atoms with van der Waals surface area (Å²) in [6.07, 6.45) is 2.31. The molecule has 39 heavy (non-hydrogen) atoms. The first kappa shape index (κ1) is 27.2. The van der Waals surface area contributed by atoms with E-state index in [1.807, 2.05) is 50.2 Å². The van der Waals surface area contributed by atoms with E-state index in [2.05, 4.69) is 17.6 Å². The first-order valence-electron chi connectivity index (χ1n) is 12.7. The van der Waals surface area contributed by atoms with Gasteiger partial charge in [-0.25, -0.2) is 0 Å². The summed E-state index contributed by atoms with van der Waals surface area (Å²) in [6, 6.07) is 20.7. The molecule has 0 fully saturated rings. The van der Waals surface area contributed by atoms with Crippen LogP contribution in [-0.4, -0.2) is 25.3 Å². The summed E-state index contributed by atoms with van der Waals surface area (Å²) in [7, 11) is 1.57. The second kappa shape index (κ2) is 10.8. The molecule has 7 heteroatoms. The van der Waals surface area contributed by atoms with Crippen LogP contribution in [0.3, 0.4) is 0 Å². The van der Waals surface area contributed by atoms with Crippen molar-refractivity contribution in [3.8, 4) is 34.7 Å². The topological polar surface area (TPSA) is 110 Å². The molecule has 1 amide bonds. The minimum Gasteiger partial charge on any atom is -0.455 e. The summed E-state index contributed by atoms with van der Waals surface area (Å²) in [5, 5.41) is 22.6. The molecule has 1 N–H and O–H groups in total. The second-order valence-corrected chi connectivity index (χ2v) is 10.1. The summed E-state index contributed by atoms with van der Waals surface area (Å²) in [5.74, 6) is 0.00289. The highest BCUT2D eigenvalue weighted by atomic mass is 16.3. The lowest BCUT2D eigenvalue weighted by Gasteiger charge is -2.19. The number of carbonyl (C=O) groups excluding carboxylic acids is 2. The molecule has 0 radical (unpaired) electrons. The highest BCUT2D eigenvalue weighted by molar-refractivity contribution is 6.13. The van der Waals surface area contributed by atoms with Gasteiger partial charge in [0.15, 0.2) is 12.0 Å². The summed E-state index contributed by atoms with van der Waals surface area (Å²) < 4.78 is 6.27. The molecule has 0 bridgehead atoms. The number of aryl methyl sites for hydroxylation is 1. The minimum absolute atomic E-state index is 0.0839. The second-order valence-electron chi connectivity index (χ2n) is 10.1. The number of anilines is 1. The van der Waals surface area contributed by atoms with Crippen molar-refractivity contribution in [1.82, 2.24) is 5.32 Å². The Bertz CT molecular complexity index is 1650. The van der Waals surface area contributed by atoms with Gasteiger partial charge in [0.1, 0.15) is 11.3 Å². The average molecular weight is 519 g/mol. The molecule has 4 rings (SSSR count). The van der Waals surface area contributed by atoms with Gasteiger partial charge >= 0.3 is 0 Å². The number of hydrogen-bond donors (Lipinski definition) is 1. The van der Waals surface area contributed by atoms with Gasteiger partial charge in [0.05, 0.1) is 22.7 Å². The Hall–Kier alpha value is -4.88. The van der Waals surface area contributed by atoms with E-state index in [1.54, 1.807) is 45.2 Å². The highest BCUT2D eigenvalue weighted by Gasteiger charge is 2.26. The molecule has 196 valence electrons. The first-order valence-corrected chi connectivity index (χ1v) is 12.7. The smallest absolute Gasteiger partial charge is 0.255 e. The van der Waals surface area contributed by atoms with Crippen molar-refractivity contribution in [2.24, 2.45) is 5.41 Å². The standard InChI is InChI=1S/C32H30N4O3/c1-6-36(19-34)26-16-28-25(29(31(38)35-5)30(39-28)21-12-10-20(2)11-13-21)15-24(26)22-8-7-9-23(14-22)27(37)17-32(3,4)18-33/h7-16H,6,17H2,1-5H3,(H,35,38). The number of fused-ring (bicyclic) bond motifs is 1. The van der Waals surface area contributed by atoms with E-state index in [9.17, 15) is 20.1 Å². The fourth-order valence-electron chi connectivity index (χ4n) is 4.54. The fourth-order valence-corrected chi connectivity index (χ4v) is 4.54. The van der Waals surface area contributed by atoms with Gasteiger partial charge in [0.25, 0.3) is 5.91 Å². The molecule has 0 saturated heterocycles. The maximum Gasteiger partial charge on any atom is 0.255 e. The lowest BCUT2D eigenvalue weighted by molar-refractivity contribution is 0.0948. The van der Waals surface area contributed by atoms with Gasteiger partial charge in [0, 0.05) is 48.2 Å². The first-order chi connectivity index (χ1) is 18.6. The van der Waals surface area contributed by atoms with Gasteiger partial charge in [-0.1, -0.05) is 48.0 Å². The van der Waals surface area contributed by atoms with Crippen LogP contribution in [0.15, 0.2) is 65.1 Å². The van der Waals surface area contributed by atoms with Crippen molar-refractivity contribution < 1.29 is 14.0 Å². The van der Waals surface area contributed by atoms with Gasteiger partial charge in [-0.05, 0) is 45.4 Å². The van der Waals surface area contributed by atoms with E-state index in [0.717, 1.165) is 11.1 Å². The maximum atomic E-state index is 13.1. The normalized spacial score (nSPS) is 11.1. The zero-order valence-corrected chi connectivity index (χ0v) is 22.8. The van der Waals surface area contributed by atoms with Gasteiger partial charge in [-0.15, -0.1) is 0 Å². The predicted molar refractivity (Wildman–Crippen MR) is 152 cm³/mol. The Morgan fingerprint density at radius 1 is 1.03 bits per heavy atom. The van der Waals surface area contributed by atoms with Crippen molar-refractivity contribution in [2.45, 2.75) is 34.1 Å². The zero-order valence-electron chi connectivity index (χ0n) is 22.8. The van der Waals surface area contributed by atoms with Gasteiger partial charge in [-0.3, -0.25) is 14.5 Å². The van der Waals surface area contributed by atoms with Gasteiger partial charge in [-0.2, -0.15) is 10.5 Å². The van der Waals surface area contributed by atoms with Crippen molar-refractivity contribution in [3.63, 3.8) is 0 Å². The average Bonchev–Trinajstić information content (AvgIpc) is 3.31. The quantitative estimate of drug-likeness (QED) is 0.155. The number of nitriles is 2. The van der Waals surface area contributed by atoms with Crippen LogP contribution in [0.2, 0.25) is 0 Å². The van der Waals surface area contributed by atoms with Crippen molar-refractivity contribution in [3.05, 3.63) is 77.4 Å². The summed E-state index contributed by atoms with van der Waals surface area (Å²) in [4.78, 5) is 27.7. The van der Waals surface area contributed by atoms with E-state index in [0.29, 0.717) is 51.2 Å². The Kier molecular flexibility index (Phi) is 7.56. The summed E-state index contributed by atoms with van der Waals surface area (Å²) >= 11 is 0. The number of amides is 1. The van der Waals surface area contributed by atoms with E-state index >= 15 is 0 Å². The van der Waals surface area contributed by atoms with Gasteiger partial charge in [0.2, 0.25) is 0 Å². The number of nitrogens with one attached hydrogen (secondary N) is 1. The largest absolute Gasteiger partial charge is 0.455 e. The lowest BCUT2D eigenvalue weighted by Crippen LogP contribution is -2.18. The monoisotopic (exact) mass is 518 g/mol. The van der Waals surface area contributed by atoms with Crippen LogP contribution in [0, 0.1) is 35.1 Å². The lowest BCUT2D eigenvalue weighted by atomic mass is 9.86. The Balaban J connectivity index is 1.97. The Morgan fingerprint density at radius 3 is 2.36 bits per heavy atom. The molecule has 0 aliphatic heterocycles. The van der Waals surface area contributed by atoms with Crippen LogP contribution in [-0.2, 0) is 0 Å². The number of ketones is 1. The Morgan fingerprint density at radius 2 is 1.74 bits per heavy atom. The molecule has 1 aromatic heterocycles. The molecule has 0 atom stereocenters. The van der Waals surface area contributed by atoms with E-state index in [1.165, 1.54) is 4.90 Å². The number of benzene rings is 3. The van der Waals surface area contributed by atoms with E-state index < -0.39 is 5.41 Å². The molecule has 3 aromatic carbocycles. The molecule has 7 nitrogen and oxygen atoms in total. The molecule has 0 saturated carbocycles. The van der Waals surface area contributed by atoms with Crippen LogP contribution >= 0.6 is 0 Å². The van der Waals surface area contributed by atoms with E-state index in [-0.39, 0.29) is 18.1 Å². The molecule has 0 spiro atoms. The number of Topliss-reactive ketones (excluding diaryl/α,β-unsaturated/α-hetero) is 1. The van der Waals surface area contributed by atoms with Gasteiger partial charge < -0.3 is 9.73 Å². The molecule has 0 unspecified atom stereocenters. The third-order valence-electron chi connectivity index (χ3n) is 6.70. The fraction of sp³-hybridized carbons (Fsp3) is 0.250. The summed E-state index contributed by atoms with van der Waals surface area (Å²) in [6.45, 7) is 7.74. The molecule has 4 aromatic rings. The Labute approximate surface area is 228 Å².